The molecule has 0 saturated carbocycles. The van der Waals surface area contributed by atoms with Gasteiger partial charge in [0.25, 0.3) is 0 Å². The maximum atomic E-state index is 13.1. The number of aliphatic hydroxyl groups excluding tert-OH is 1. The van der Waals surface area contributed by atoms with E-state index in [1.807, 2.05) is 0 Å². The van der Waals surface area contributed by atoms with Crippen LogP contribution in [0.4, 0.5) is 0 Å². The van der Waals surface area contributed by atoms with E-state index in [4.69, 9.17) is 37.0 Å². The number of unbranched alkanes of at least 4 members (excludes halogenated alkanes) is 41. The molecule has 3 unspecified atom stereocenters. The third-order valence-corrected chi connectivity index (χ3v) is 19.8. The van der Waals surface area contributed by atoms with Gasteiger partial charge in [0.15, 0.2) is 12.2 Å². The first-order valence-corrected chi connectivity index (χ1v) is 42.8. The molecule has 0 heterocycles. The second-order valence-corrected chi connectivity index (χ2v) is 31.0. The predicted molar refractivity (Wildman–Crippen MR) is 395 cm³/mol. The van der Waals surface area contributed by atoms with E-state index >= 15 is 0 Å². The number of carbonyl (C=O) groups is 4. The highest BCUT2D eigenvalue weighted by molar-refractivity contribution is 7.47. The van der Waals surface area contributed by atoms with Crippen molar-refractivity contribution in [3.8, 4) is 0 Å². The lowest BCUT2D eigenvalue weighted by atomic mass is 10.00. The fourth-order valence-corrected chi connectivity index (χ4v) is 13.0. The van der Waals surface area contributed by atoms with Crippen LogP contribution < -0.4 is 0 Å². The SMILES string of the molecule is CCCCCC/C=C\C=C/CCCCCCCC(=O)OC[C@H](COP(=O)(O)OC[C@@H](O)COP(=O)(O)OC[C@@H](COC(=O)CCCCCCCCC(C)CC)OC(=O)CCCCCCCCCCCCCC(C)C)OC(=O)CCCCCCCCCCCCCCCCCCCC. The summed E-state index contributed by atoms with van der Waals surface area (Å²) in [5.41, 5.74) is 0. The Morgan fingerprint density at radius 1 is 0.340 bits per heavy atom. The van der Waals surface area contributed by atoms with E-state index in [1.54, 1.807) is 0 Å². The zero-order valence-corrected chi connectivity index (χ0v) is 64.7. The second kappa shape index (κ2) is 69.3. The number of rotatable bonds is 75. The van der Waals surface area contributed by atoms with Crippen LogP contribution >= 0.6 is 15.6 Å². The van der Waals surface area contributed by atoms with Crippen molar-refractivity contribution in [3.63, 3.8) is 0 Å². The zero-order valence-electron chi connectivity index (χ0n) is 62.9. The first-order valence-electron chi connectivity index (χ1n) is 39.8. The molecular formula is C78H148O17P2. The summed E-state index contributed by atoms with van der Waals surface area (Å²) in [6.45, 7) is 9.50. The molecular weight excluding hydrogens is 1270 g/mol. The highest BCUT2D eigenvalue weighted by atomic mass is 31.2. The van der Waals surface area contributed by atoms with Gasteiger partial charge in [0, 0.05) is 25.7 Å². The lowest BCUT2D eigenvalue weighted by Crippen LogP contribution is -2.30. The quantitative estimate of drug-likeness (QED) is 0.0169. The van der Waals surface area contributed by atoms with Gasteiger partial charge in [-0.25, -0.2) is 9.13 Å². The van der Waals surface area contributed by atoms with Crippen LogP contribution in [-0.4, -0.2) is 96.7 Å². The molecule has 0 saturated heterocycles. The molecule has 0 radical (unpaired) electrons. The number of carbonyl (C=O) groups excluding carboxylic acids is 4. The van der Waals surface area contributed by atoms with Crippen molar-refractivity contribution in [1.29, 1.82) is 0 Å². The Labute approximate surface area is 592 Å². The third kappa shape index (κ3) is 70.4. The fraction of sp³-hybridized carbons (Fsp3) is 0.897. The first-order chi connectivity index (χ1) is 46.9. The number of hydrogen-bond donors (Lipinski definition) is 3. The molecule has 6 atom stereocenters. The Morgan fingerprint density at radius 2 is 0.608 bits per heavy atom. The van der Waals surface area contributed by atoms with Crippen LogP contribution in [0.25, 0.3) is 0 Å². The van der Waals surface area contributed by atoms with Gasteiger partial charge in [-0.3, -0.25) is 37.3 Å². The Morgan fingerprint density at radius 3 is 0.928 bits per heavy atom. The second-order valence-electron chi connectivity index (χ2n) is 28.1. The molecule has 0 bridgehead atoms. The van der Waals surface area contributed by atoms with Gasteiger partial charge in [-0.15, -0.1) is 0 Å². The van der Waals surface area contributed by atoms with Crippen molar-refractivity contribution < 1.29 is 80.2 Å². The molecule has 0 aliphatic heterocycles. The van der Waals surface area contributed by atoms with Crippen molar-refractivity contribution in [1.82, 2.24) is 0 Å². The van der Waals surface area contributed by atoms with E-state index in [9.17, 15) is 43.2 Å². The van der Waals surface area contributed by atoms with E-state index < -0.39 is 97.5 Å². The molecule has 0 aliphatic rings. The van der Waals surface area contributed by atoms with Crippen molar-refractivity contribution in [3.05, 3.63) is 24.3 Å². The number of aliphatic hydroxyl groups is 1. The van der Waals surface area contributed by atoms with E-state index in [1.165, 1.54) is 173 Å². The molecule has 0 amide bonds. The van der Waals surface area contributed by atoms with Crippen molar-refractivity contribution in [2.75, 3.05) is 39.6 Å². The minimum absolute atomic E-state index is 0.101. The average molecular weight is 1420 g/mol. The van der Waals surface area contributed by atoms with Crippen molar-refractivity contribution >= 4 is 39.5 Å². The molecule has 0 fully saturated rings. The van der Waals surface area contributed by atoms with Crippen molar-refractivity contribution in [2.45, 2.75) is 400 Å². The van der Waals surface area contributed by atoms with Crippen LogP contribution in [0.15, 0.2) is 24.3 Å². The minimum atomic E-state index is -4.97. The fourth-order valence-electron chi connectivity index (χ4n) is 11.4. The summed E-state index contributed by atoms with van der Waals surface area (Å²) in [5, 5.41) is 10.6. The maximum Gasteiger partial charge on any atom is 0.472 e. The number of allylic oxidation sites excluding steroid dienone is 4. The topological polar surface area (TPSA) is 237 Å². The molecule has 0 aromatic carbocycles. The number of ether oxygens (including phenoxy) is 4. The summed E-state index contributed by atoms with van der Waals surface area (Å²) >= 11 is 0. The van der Waals surface area contributed by atoms with Gasteiger partial charge in [-0.1, -0.05) is 329 Å². The highest BCUT2D eigenvalue weighted by Gasteiger charge is 2.30. The van der Waals surface area contributed by atoms with Crippen molar-refractivity contribution in [2.24, 2.45) is 11.8 Å². The molecule has 0 rings (SSSR count). The molecule has 19 heteroatoms. The lowest BCUT2D eigenvalue weighted by molar-refractivity contribution is -0.161. The van der Waals surface area contributed by atoms with Crippen LogP contribution in [-0.2, 0) is 65.4 Å². The average Bonchev–Trinajstić information content (AvgIpc) is 1.29. The van der Waals surface area contributed by atoms with E-state index in [0.717, 1.165) is 127 Å². The van der Waals surface area contributed by atoms with Gasteiger partial charge in [-0.05, 0) is 63.2 Å². The number of hydrogen-bond acceptors (Lipinski definition) is 15. The third-order valence-electron chi connectivity index (χ3n) is 17.9. The highest BCUT2D eigenvalue weighted by Crippen LogP contribution is 2.45. The first kappa shape index (κ1) is 94.5. The van der Waals surface area contributed by atoms with Gasteiger partial charge in [0.05, 0.1) is 26.4 Å². The largest absolute Gasteiger partial charge is 0.472 e. The molecule has 17 nitrogen and oxygen atoms in total. The molecule has 0 spiro atoms. The van der Waals surface area contributed by atoms with Gasteiger partial charge >= 0.3 is 39.5 Å². The lowest BCUT2D eigenvalue weighted by Gasteiger charge is -2.21. The molecule has 3 N–H and O–H groups in total. The standard InChI is InChI=1S/C78H148O17P2/c1-7-10-12-14-16-18-20-22-24-25-26-28-30-34-38-42-50-56-62-77(82)94-73(66-88-75(80)60-54-48-41-37-33-29-27-23-21-19-17-15-13-11-8-2)68-92-96(84,85)90-64-72(79)65-91-97(86,87)93-69-74(67-89-76(81)61-55-49-45-44-47-53-59-71(6)9-3)95-78(83)63-57-51-43-39-35-31-32-36-40-46-52-58-70(4)5/h19,21,23,27,70-74,79H,7-18,20,22,24-26,28-69H2,1-6H3,(H,84,85)(H,86,87)/b21-19-,27-23-/t71?,72-,73-,74-/m1/s1. The Kier molecular flexibility index (Phi) is 67.5. The predicted octanol–water partition coefficient (Wildman–Crippen LogP) is 22.7. The summed E-state index contributed by atoms with van der Waals surface area (Å²) in [6.07, 6.45) is 60.5. The van der Waals surface area contributed by atoms with Gasteiger partial charge in [0.1, 0.15) is 19.3 Å². The smallest absolute Gasteiger partial charge is 0.462 e. The maximum absolute atomic E-state index is 13.1. The van der Waals surface area contributed by atoms with Crippen LogP contribution in [0.2, 0.25) is 0 Å². The Bertz CT molecular complexity index is 1970. The molecule has 0 aromatic heterocycles. The summed E-state index contributed by atoms with van der Waals surface area (Å²) in [4.78, 5) is 72.9. The molecule has 0 aliphatic carbocycles. The zero-order chi connectivity index (χ0) is 71.4. The molecule has 0 aromatic rings. The Hall–Kier alpha value is -2.46. The summed E-state index contributed by atoms with van der Waals surface area (Å²) in [6, 6.07) is 0. The summed E-state index contributed by atoms with van der Waals surface area (Å²) in [5.74, 6) is -0.652. The minimum Gasteiger partial charge on any atom is -0.462 e. The number of phosphoric acid groups is 2. The normalized spacial score (nSPS) is 14.4. The van der Waals surface area contributed by atoms with Crippen LogP contribution in [0.5, 0.6) is 0 Å². The van der Waals surface area contributed by atoms with Crippen LogP contribution in [0, 0.1) is 11.8 Å². The Balaban J connectivity index is 5.28. The van der Waals surface area contributed by atoms with E-state index in [-0.39, 0.29) is 25.7 Å². The molecule has 572 valence electrons. The summed E-state index contributed by atoms with van der Waals surface area (Å²) in [7, 11) is -9.93. The number of phosphoric ester groups is 2. The van der Waals surface area contributed by atoms with Crippen LogP contribution in [0.3, 0.4) is 0 Å². The number of esters is 4. The van der Waals surface area contributed by atoms with Gasteiger partial charge in [0.2, 0.25) is 0 Å². The van der Waals surface area contributed by atoms with Gasteiger partial charge in [-0.2, -0.15) is 0 Å². The van der Waals surface area contributed by atoms with E-state index in [0.29, 0.717) is 25.7 Å². The van der Waals surface area contributed by atoms with E-state index in [2.05, 4.69) is 65.8 Å². The van der Waals surface area contributed by atoms with Crippen LogP contribution in [0.1, 0.15) is 382 Å². The molecule has 97 heavy (non-hydrogen) atoms. The van der Waals surface area contributed by atoms with Gasteiger partial charge < -0.3 is 33.8 Å². The monoisotopic (exact) mass is 1420 g/mol. The summed E-state index contributed by atoms with van der Waals surface area (Å²) < 4.78 is 68.6.